The summed E-state index contributed by atoms with van der Waals surface area (Å²) in [5.74, 6) is -3.03. The quantitative estimate of drug-likeness (QED) is 0.775. The Morgan fingerprint density at radius 1 is 1.17 bits per heavy atom. The molecule has 2 atom stereocenters. The van der Waals surface area contributed by atoms with Crippen LogP contribution in [0.3, 0.4) is 0 Å². The van der Waals surface area contributed by atoms with Crippen molar-refractivity contribution in [3.8, 4) is 0 Å². The summed E-state index contributed by atoms with van der Waals surface area (Å²) in [5.41, 5.74) is 0.674. The van der Waals surface area contributed by atoms with Gasteiger partial charge in [0, 0.05) is 56.0 Å². The van der Waals surface area contributed by atoms with Crippen molar-refractivity contribution in [2.24, 2.45) is 11.8 Å². The van der Waals surface area contributed by atoms with Gasteiger partial charge in [-0.15, -0.1) is 0 Å². The maximum absolute atomic E-state index is 13.1. The number of likely N-dealkylation sites (tertiary alicyclic amines) is 1. The number of aliphatic hydroxyl groups is 1. The van der Waals surface area contributed by atoms with Crippen molar-refractivity contribution in [1.29, 1.82) is 0 Å². The van der Waals surface area contributed by atoms with E-state index in [1.54, 1.807) is 12.4 Å². The zero-order chi connectivity index (χ0) is 20.6. The highest BCUT2D eigenvalue weighted by atomic mass is 19.4. The lowest BCUT2D eigenvalue weighted by Gasteiger charge is -2.19. The first kappa shape index (κ1) is 19.5. The number of alkyl halides is 3. The summed E-state index contributed by atoms with van der Waals surface area (Å²) in [5, 5.41) is 12.5. The molecular formula is C18H19F3N6O2. The molecule has 2 aromatic rings. The summed E-state index contributed by atoms with van der Waals surface area (Å²) < 4.78 is 39.3. The number of aliphatic hydroxyl groups excluding tert-OH is 1. The molecule has 1 amide bonds. The minimum absolute atomic E-state index is 0.1000. The molecule has 1 aliphatic heterocycles. The lowest BCUT2D eigenvalue weighted by atomic mass is 9.97. The van der Waals surface area contributed by atoms with E-state index in [1.165, 1.54) is 18.7 Å². The molecule has 1 saturated heterocycles. The highest BCUT2D eigenvalue weighted by Crippen LogP contribution is 2.47. The molecule has 2 aromatic heterocycles. The Hall–Kier alpha value is -2.82. The summed E-state index contributed by atoms with van der Waals surface area (Å²) in [7, 11) is 0. The average Bonchev–Trinajstić information content (AvgIpc) is 3.35. The molecule has 3 heterocycles. The largest absolute Gasteiger partial charge is 0.396 e. The van der Waals surface area contributed by atoms with Crippen LogP contribution in [0.15, 0.2) is 31.1 Å². The van der Waals surface area contributed by atoms with Crippen molar-refractivity contribution in [3.05, 3.63) is 42.2 Å². The fourth-order valence-electron chi connectivity index (χ4n) is 3.65. The van der Waals surface area contributed by atoms with Crippen LogP contribution in [0.2, 0.25) is 0 Å². The van der Waals surface area contributed by atoms with E-state index in [9.17, 15) is 23.1 Å². The van der Waals surface area contributed by atoms with Gasteiger partial charge < -0.3 is 15.3 Å². The van der Waals surface area contributed by atoms with Crippen LogP contribution in [0.25, 0.3) is 0 Å². The Morgan fingerprint density at radius 2 is 1.83 bits per heavy atom. The first-order valence-corrected chi connectivity index (χ1v) is 9.15. The smallest absolute Gasteiger partial charge is 0.393 e. The monoisotopic (exact) mass is 408 g/mol. The van der Waals surface area contributed by atoms with Gasteiger partial charge in [-0.1, -0.05) is 0 Å². The molecule has 0 spiro atoms. The second kappa shape index (κ2) is 7.21. The number of carbonyl (C=O) groups is 1. The van der Waals surface area contributed by atoms with E-state index in [0.717, 1.165) is 23.3 Å². The lowest BCUT2D eigenvalue weighted by Crippen LogP contribution is -2.33. The van der Waals surface area contributed by atoms with Gasteiger partial charge in [0.25, 0.3) is 5.91 Å². The van der Waals surface area contributed by atoms with Crippen LogP contribution >= 0.6 is 0 Å². The van der Waals surface area contributed by atoms with E-state index >= 15 is 0 Å². The molecule has 4 rings (SSSR count). The molecule has 2 aliphatic rings. The van der Waals surface area contributed by atoms with Gasteiger partial charge in [-0.2, -0.15) is 13.2 Å². The van der Waals surface area contributed by atoms with Crippen molar-refractivity contribution in [3.63, 3.8) is 0 Å². The summed E-state index contributed by atoms with van der Waals surface area (Å²) >= 11 is 0. The molecule has 1 aliphatic carbocycles. The first-order chi connectivity index (χ1) is 13.8. The minimum atomic E-state index is -4.47. The molecular weight excluding hydrogens is 389 g/mol. The van der Waals surface area contributed by atoms with Crippen molar-refractivity contribution < 1.29 is 23.1 Å². The van der Waals surface area contributed by atoms with Crippen LogP contribution in [-0.2, 0) is 5.54 Å². The maximum Gasteiger partial charge on any atom is 0.393 e. The van der Waals surface area contributed by atoms with Crippen molar-refractivity contribution in [2.75, 3.05) is 25.0 Å². The molecule has 1 saturated carbocycles. The van der Waals surface area contributed by atoms with Gasteiger partial charge in [-0.25, -0.2) is 19.9 Å². The second-order valence-electron chi connectivity index (χ2n) is 7.43. The number of nitrogens with zero attached hydrogens (tertiary/aromatic N) is 5. The van der Waals surface area contributed by atoms with E-state index in [4.69, 9.17) is 0 Å². The van der Waals surface area contributed by atoms with Crippen LogP contribution in [0.1, 0.15) is 28.8 Å². The topological polar surface area (TPSA) is 104 Å². The third-order valence-electron chi connectivity index (χ3n) is 5.50. The fourth-order valence-corrected chi connectivity index (χ4v) is 3.65. The lowest BCUT2D eigenvalue weighted by molar-refractivity contribution is -0.182. The van der Waals surface area contributed by atoms with Crippen LogP contribution < -0.4 is 5.32 Å². The average molecular weight is 408 g/mol. The zero-order valence-electron chi connectivity index (χ0n) is 15.3. The Morgan fingerprint density at radius 3 is 2.34 bits per heavy atom. The molecule has 11 heteroatoms. The molecule has 0 radical (unpaired) electrons. The van der Waals surface area contributed by atoms with Crippen LogP contribution in [0.5, 0.6) is 0 Å². The summed E-state index contributed by atoms with van der Waals surface area (Å²) in [6, 6.07) is 0. The summed E-state index contributed by atoms with van der Waals surface area (Å²) in [4.78, 5) is 30.0. The molecule has 0 bridgehead atoms. The summed E-state index contributed by atoms with van der Waals surface area (Å²) in [6.07, 6.45) is 4.72. The van der Waals surface area contributed by atoms with Crippen LogP contribution in [0, 0.1) is 11.8 Å². The number of aromatic nitrogens is 4. The van der Waals surface area contributed by atoms with E-state index in [0.29, 0.717) is 5.95 Å². The molecule has 0 unspecified atom stereocenters. The van der Waals surface area contributed by atoms with Crippen LogP contribution in [0.4, 0.5) is 19.1 Å². The maximum atomic E-state index is 13.1. The standard InChI is InChI=1S/C18H19F3N6O2/c19-18(20,21)14-8-27(7-12(14)9-28)15(29)11-3-24-16(25-4-11)26-17(1-2-17)13-5-22-10-23-6-13/h3-6,10,12,14,28H,1-2,7-9H2,(H,24,25,26)/t12-,14+/m0/s1. The predicted molar refractivity (Wildman–Crippen MR) is 94.6 cm³/mol. The number of rotatable bonds is 5. The third kappa shape index (κ3) is 3.86. The van der Waals surface area contributed by atoms with Gasteiger partial charge in [0.2, 0.25) is 5.95 Å². The molecule has 154 valence electrons. The molecule has 2 N–H and O–H groups in total. The van der Waals surface area contributed by atoms with Gasteiger partial charge >= 0.3 is 6.18 Å². The number of nitrogens with one attached hydrogen (secondary N) is 1. The molecule has 8 nitrogen and oxygen atoms in total. The zero-order valence-corrected chi connectivity index (χ0v) is 15.3. The van der Waals surface area contributed by atoms with E-state index < -0.39 is 37.1 Å². The Bertz CT molecular complexity index is 873. The van der Waals surface area contributed by atoms with Gasteiger partial charge in [0.1, 0.15) is 6.33 Å². The number of anilines is 1. The minimum Gasteiger partial charge on any atom is -0.396 e. The second-order valence-corrected chi connectivity index (χ2v) is 7.43. The van der Waals surface area contributed by atoms with Gasteiger partial charge in [-0.3, -0.25) is 4.79 Å². The highest BCUT2D eigenvalue weighted by molar-refractivity contribution is 5.94. The highest BCUT2D eigenvalue weighted by Gasteiger charge is 2.50. The Labute approximate surface area is 164 Å². The number of hydrogen-bond donors (Lipinski definition) is 2. The predicted octanol–water partition coefficient (Wildman–Crippen LogP) is 1.61. The van der Waals surface area contributed by atoms with Gasteiger partial charge in [0.15, 0.2) is 0 Å². The number of amides is 1. The number of hydrogen-bond acceptors (Lipinski definition) is 7. The van der Waals surface area contributed by atoms with Crippen molar-refractivity contribution in [1.82, 2.24) is 24.8 Å². The van der Waals surface area contributed by atoms with Crippen molar-refractivity contribution in [2.45, 2.75) is 24.6 Å². The molecule has 2 fully saturated rings. The van der Waals surface area contributed by atoms with Crippen molar-refractivity contribution >= 4 is 11.9 Å². The van der Waals surface area contributed by atoms with Gasteiger partial charge in [0.05, 0.1) is 17.0 Å². The van der Waals surface area contributed by atoms with E-state index in [2.05, 4.69) is 25.3 Å². The number of carbonyl (C=O) groups excluding carboxylic acids is 1. The fraction of sp³-hybridized carbons (Fsp3) is 0.500. The normalized spacial score (nSPS) is 23.1. The molecule has 29 heavy (non-hydrogen) atoms. The first-order valence-electron chi connectivity index (χ1n) is 9.15. The van der Waals surface area contributed by atoms with Crippen LogP contribution in [-0.4, -0.2) is 61.7 Å². The van der Waals surface area contributed by atoms with Gasteiger partial charge in [-0.05, 0) is 12.8 Å². The van der Waals surface area contributed by atoms with E-state index in [1.807, 2.05) is 0 Å². The molecule has 0 aromatic carbocycles. The SMILES string of the molecule is O=C(c1cnc(NC2(c3cncnc3)CC2)nc1)N1C[C@@H](CO)[C@H](C(F)(F)F)C1. The summed E-state index contributed by atoms with van der Waals surface area (Å²) in [6.45, 7) is -1.26. The Balaban J connectivity index is 1.44. The van der Waals surface area contributed by atoms with E-state index in [-0.39, 0.29) is 17.6 Å². The third-order valence-corrected chi connectivity index (χ3v) is 5.50. The Kier molecular flexibility index (Phi) is 4.85. The number of halogens is 3.